The first-order valence-electron chi connectivity index (χ1n) is 7.05. The van der Waals surface area contributed by atoms with E-state index in [0.29, 0.717) is 18.3 Å². The van der Waals surface area contributed by atoms with Crippen molar-refractivity contribution in [1.29, 1.82) is 0 Å². The molecule has 0 bridgehead atoms. The van der Waals surface area contributed by atoms with E-state index in [0.717, 1.165) is 16.8 Å². The minimum Gasteiger partial charge on any atom is -0.338 e. The van der Waals surface area contributed by atoms with Gasteiger partial charge in [0, 0.05) is 5.69 Å². The third-order valence-corrected chi connectivity index (χ3v) is 3.26. The van der Waals surface area contributed by atoms with Crippen LogP contribution in [0.3, 0.4) is 0 Å². The number of para-hydroxylation sites is 1. The van der Waals surface area contributed by atoms with E-state index >= 15 is 0 Å². The van der Waals surface area contributed by atoms with E-state index in [1.165, 1.54) is 0 Å². The molecule has 1 amide bonds. The SMILES string of the molecule is Cc1cccc(C)c1NC(=O)CN(C)Cc1noc(CN)n1.Cl. The molecule has 0 atom stereocenters. The summed E-state index contributed by atoms with van der Waals surface area (Å²) in [5.74, 6) is 0.827. The van der Waals surface area contributed by atoms with E-state index in [2.05, 4.69) is 15.5 Å². The van der Waals surface area contributed by atoms with Crippen molar-refractivity contribution in [2.45, 2.75) is 26.9 Å². The average Bonchev–Trinajstić information content (AvgIpc) is 2.90. The molecule has 3 N–H and O–H groups in total. The lowest BCUT2D eigenvalue weighted by Crippen LogP contribution is -2.30. The number of carbonyl (C=O) groups excluding carboxylic acids is 1. The number of aryl methyl sites for hydroxylation is 2. The number of nitrogens with two attached hydrogens (primary N) is 1. The summed E-state index contributed by atoms with van der Waals surface area (Å²) in [6, 6.07) is 5.91. The summed E-state index contributed by atoms with van der Waals surface area (Å²) in [6.07, 6.45) is 0. The number of carbonyl (C=O) groups is 1. The first-order valence-corrected chi connectivity index (χ1v) is 7.05. The average molecular weight is 340 g/mol. The van der Waals surface area contributed by atoms with Crippen LogP contribution < -0.4 is 11.1 Å². The monoisotopic (exact) mass is 339 g/mol. The van der Waals surface area contributed by atoms with Crippen molar-refractivity contribution in [1.82, 2.24) is 15.0 Å². The fourth-order valence-electron chi connectivity index (χ4n) is 2.17. The molecule has 1 heterocycles. The van der Waals surface area contributed by atoms with Crippen LogP contribution in [0.1, 0.15) is 22.8 Å². The van der Waals surface area contributed by atoms with Crippen LogP contribution >= 0.6 is 12.4 Å². The number of likely N-dealkylation sites (N-methyl/N-ethyl adjacent to an activating group) is 1. The van der Waals surface area contributed by atoms with Gasteiger partial charge in [-0.2, -0.15) is 4.98 Å². The quantitative estimate of drug-likeness (QED) is 0.830. The number of benzene rings is 1. The van der Waals surface area contributed by atoms with Crippen molar-refractivity contribution >= 4 is 24.0 Å². The highest BCUT2D eigenvalue weighted by Gasteiger charge is 2.12. The van der Waals surface area contributed by atoms with Gasteiger partial charge in [0.1, 0.15) is 0 Å². The lowest BCUT2D eigenvalue weighted by molar-refractivity contribution is -0.117. The molecule has 0 unspecified atom stereocenters. The van der Waals surface area contributed by atoms with Gasteiger partial charge in [0.05, 0.1) is 19.6 Å². The Hall–Kier alpha value is -1.96. The molecular formula is C15H22ClN5O2. The van der Waals surface area contributed by atoms with Gasteiger partial charge in [-0.3, -0.25) is 9.69 Å². The summed E-state index contributed by atoms with van der Waals surface area (Å²) in [4.78, 5) is 18.1. The zero-order valence-electron chi connectivity index (χ0n) is 13.5. The second kappa shape index (κ2) is 8.61. The number of nitrogens with one attached hydrogen (secondary N) is 1. The summed E-state index contributed by atoms with van der Waals surface area (Å²) in [6.45, 7) is 4.81. The maximum Gasteiger partial charge on any atom is 0.240 e. The van der Waals surface area contributed by atoms with Gasteiger partial charge in [-0.15, -0.1) is 12.4 Å². The van der Waals surface area contributed by atoms with Crippen molar-refractivity contribution in [2.24, 2.45) is 5.73 Å². The minimum atomic E-state index is -0.0811. The van der Waals surface area contributed by atoms with Crippen LogP contribution in [0.4, 0.5) is 5.69 Å². The molecule has 0 aliphatic carbocycles. The van der Waals surface area contributed by atoms with Gasteiger partial charge in [0.2, 0.25) is 11.8 Å². The van der Waals surface area contributed by atoms with Gasteiger partial charge in [0.25, 0.3) is 0 Å². The fourth-order valence-corrected chi connectivity index (χ4v) is 2.17. The lowest BCUT2D eigenvalue weighted by atomic mass is 10.1. The third kappa shape index (κ3) is 5.31. The van der Waals surface area contributed by atoms with E-state index in [1.54, 1.807) is 0 Å². The normalized spacial score (nSPS) is 10.5. The maximum atomic E-state index is 12.1. The number of anilines is 1. The Balaban J connectivity index is 0.00000264. The Morgan fingerprint density at radius 2 is 2.00 bits per heavy atom. The van der Waals surface area contributed by atoms with Crippen LogP contribution in [-0.4, -0.2) is 34.5 Å². The van der Waals surface area contributed by atoms with Crippen molar-refractivity contribution in [3.8, 4) is 0 Å². The molecule has 0 aliphatic rings. The largest absolute Gasteiger partial charge is 0.338 e. The van der Waals surface area contributed by atoms with E-state index in [1.807, 2.05) is 44.0 Å². The predicted molar refractivity (Wildman–Crippen MR) is 90.3 cm³/mol. The zero-order valence-corrected chi connectivity index (χ0v) is 14.3. The zero-order chi connectivity index (χ0) is 16.1. The summed E-state index contributed by atoms with van der Waals surface area (Å²) >= 11 is 0. The van der Waals surface area contributed by atoms with Crippen LogP contribution in [0, 0.1) is 13.8 Å². The molecule has 1 aromatic carbocycles. The Morgan fingerprint density at radius 3 is 2.57 bits per heavy atom. The van der Waals surface area contributed by atoms with Crippen molar-refractivity contribution in [2.75, 3.05) is 18.9 Å². The highest BCUT2D eigenvalue weighted by Crippen LogP contribution is 2.19. The van der Waals surface area contributed by atoms with Gasteiger partial charge in [-0.05, 0) is 32.0 Å². The lowest BCUT2D eigenvalue weighted by Gasteiger charge is -2.16. The number of rotatable bonds is 6. The molecule has 0 saturated heterocycles. The summed E-state index contributed by atoms with van der Waals surface area (Å²) in [5, 5.41) is 6.75. The molecule has 2 aromatic rings. The Labute approximate surface area is 141 Å². The Kier molecular flexibility index (Phi) is 7.15. The van der Waals surface area contributed by atoms with Gasteiger partial charge < -0.3 is 15.6 Å². The van der Waals surface area contributed by atoms with E-state index in [-0.39, 0.29) is 31.4 Å². The molecule has 0 aliphatic heterocycles. The van der Waals surface area contributed by atoms with E-state index < -0.39 is 0 Å². The molecule has 1 aromatic heterocycles. The standard InChI is InChI=1S/C15H21N5O2.ClH/c1-10-5-4-6-11(2)15(10)18-13(21)9-20(3)8-12-17-14(7-16)22-19-12;/h4-6H,7-9,16H2,1-3H3,(H,18,21);1H. The molecule has 126 valence electrons. The summed E-state index contributed by atoms with van der Waals surface area (Å²) in [7, 11) is 1.82. The number of nitrogens with zero attached hydrogens (tertiary/aromatic N) is 3. The highest BCUT2D eigenvalue weighted by molar-refractivity contribution is 5.93. The Morgan fingerprint density at radius 1 is 1.35 bits per heavy atom. The first-order chi connectivity index (χ1) is 10.5. The van der Waals surface area contributed by atoms with Gasteiger partial charge in [-0.25, -0.2) is 0 Å². The molecule has 8 heteroatoms. The van der Waals surface area contributed by atoms with Crippen molar-refractivity contribution in [3.63, 3.8) is 0 Å². The van der Waals surface area contributed by atoms with Crippen molar-refractivity contribution < 1.29 is 9.32 Å². The van der Waals surface area contributed by atoms with Crippen LogP contribution in [0.15, 0.2) is 22.7 Å². The Bertz CT molecular complexity index is 639. The molecule has 23 heavy (non-hydrogen) atoms. The summed E-state index contributed by atoms with van der Waals surface area (Å²) in [5.41, 5.74) is 8.37. The molecule has 0 saturated carbocycles. The van der Waals surface area contributed by atoms with Crippen LogP contribution in [0.2, 0.25) is 0 Å². The highest BCUT2D eigenvalue weighted by atomic mass is 35.5. The smallest absolute Gasteiger partial charge is 0.240 e. The first kappa shape index (κ1) is 19.1. The second-order valence-corrected chi connectivity index (χ2v) is 5.30. The van der Waals surface area contributed by atoms with E-state index in [9.17, 15) is 4.79 Å². The van der Waals surface area contributed by atoms with Gasteiger partial charge in [-0.1, -0.05) is 23.4 Å². The second-order valence-electron chi connectivity index (χ2n) is 5.30. The molecule has 7 nitrogen and oxygen atoms in total. The number of hydrogen-bond acceptors (Lipinski definition) is 6. The van der Waals surface area contributed by atoms with Gasteiger partial charge >= 0.3 is 0 Å². The maximum absolute atomic E-state index is 12.1. The predicted octanol–water partition coefficient (Wildman–Crippen LogP) is 1.64. The molecule has 0 fully saturated rings. The number of halogens is 1. The molecular weight excluding hydrogens is 318 g/mol. The number of hydrogen-bond donors (Lipinski definition) is 2. The molecule has 0 radical (unpaired) electrons. The van der Waals surface area contributed by atoms with Crippen LogP contribution in [0.5, 0.6) is 0 Å². The number of aromatic nitrogens is 2. The van der Waals surface area contributed by atoms with E-state index in [4.69, 9.17) is 10.3 Å². The molecule has 2 rings (SSSR count). The van der Waals surface area contributed by atoms with Crippen LogP contribution in [0.25, 0.3) is 0 Å². The minimum absolute atomic E-state index is 0. The van der Waals surface area contributed by atoms with Crippen molar-refractivity contribution in [3.05, 3.63) is 41.0 Å². The third-order valence-electron chi connectivity index (χ3n) is 3.26. The van der Waals surface area contributed by atoms with Gasteiger partial charge in [0.15, 0.2) is 5.82 Å². The number of amides is 1. The topological polar surface area (TPSA) is 97.3 Å². The summed E-state index contributed by atoms with van der Waals surface area (Å²) < 4.78 is 4.93. The van der Waals surface area contributed by atoms with Crippen LogP contribution in [-0.2, 0) is 17.9 Å². The fraction of sp³-hybridized carbons (Fsp3) is 0.400. The molecule has 0 spiro atoms.